The zero-order chi connectivity index (χ0) is 20.9. The zero-order valence-electron chi connectivity index (χ0n) is 17.1. The van der Waals surface area contributed by atoms with Crippen LogP contribution in [0.2, 0.25) is 0 Å². The van der Waals surface area contributed by atoms with Crippen LogP contribution in [0.5, 0.6) is 0 Å². The van der Waals surface area contributed by atoms with Gasteiger partial charge in [-0.1, -0.05) is 11.6 Å². The fourth-order valence-electron chi connectivity index (χ4n) is 5.12. The molecule has 6 nitrogen and oxygen atoms in total. The molecule has 1 spiro atoms. The minimum Gasteiger partial charge on any atom is -0.339 e. The van der Waals surface area contributed by atoms with E-state index >= 15 is 0 Å². The molecule has 2 saturated heterocycles. The molecule has 3 aliphatic rings. The van der Waals surface area contributed by atoms with Crippen LogP contribution < -0.4 is 0 Å². The third-order valence-electron chi connectivity index (χ3n) is 7.23. The highest BCUT2D eigenvalue weighted by molar-refractivity contribution is 5.94. The molecule has 1 atom stereocenters. The molecule has 1 unspecified atom stereocenters. The summed E-state index contributed by atoms with van der Waals surface area (Å²) in [7, 11) is 2.09. The maximum Gasteiger partial charge on any atom is 0.253 e. The summed E-state index contributed by atoms with van der Waals surface area (Å²) in [5, 5.41) is 4.27. The number of hydrogen-bond acceptors (Lipinski definition) is 5. The van der Waals surface area contributed by atoms with Crippen molar-refractivity contribution in [2.75, 3.05) is 26.7 Å². The Morgan fingerprint density at radius 3 is 2.63 bits per heavy atom. The monoisotopic (exact) mass is 416 g/mol. The van der Waals surface area contributed by atoms with Crippen LogP contribution in [0.25, 0.3) is 0 Å². The van der Waals surface area contributed by atoms with Crippen molar-refractivity contribution in [1.29, 1.82) is 0 Å². The molecule has 30 heavy (non-hydrogen) atoms. The van der Waals surface area contributed by atoms with E-state index in [-0.39, 0.29) is 22.9 Å². The summed E-state index contributed by atoms with van der Waals surface area (Å²) < 4.78 is 32.2. The first-order valence-corrected chi connectivity index (χ1v) is 10.7. The van der Waals surface area contributed by atoms with Crippen molar-refractivity contribution in [1.82, 2.24) is 19.9 Å². The highest BCUT2D eigenvalue weighted by atomic mass is 19.2. The van der Waals surface area contributed by atoms with E-state index in [2.05, 4.69) is 17.1 Å². The SMILES string of the molecule is CN1CC2(CCN(C(=O)c3ccc(F)c(F)c3)CC2)CC1c1noc(C2CCC2)n1. The van der Waals surface area contributed by atoms with Crippen LogP contribution in [0.1, 0.15) is 72.6 Å². The number of carbonyl (C=O) groups is 1. The van der Waals surface area contributed by atoms with Gasteiger partial charge in [-0.15, -0.1) is 0 Å². The Bertz CT molecular complexity index is 950. The number of piperidine rings is 1. The predicted molar refractivity (Wildman–Crippen MR) is 105 cm³/mol. The molecular formula is C22H26F2N4O2. The van der Waals surface area contributed by atoms with Crippen molar-refractivity contribution in [2.45, 2.75) is 50.5 Å². The Hall–Kier alpha value is -2.35. The lowest BCUT2D eigenvalue weighted by Gasteiger charge is -2.39. The standard InChI is InChI=1S/C22H26F2N4O2/c1-27-13-22(12-18(27)19-25-20(30-26-19)14-3-2-4-14)7-9-28(10-8-22)21(29)15-5-6-16(23)17(24)11-15/h5-6,11,14,18H,2-4,7-10,12-13H2,1H3. The first kappa shape index (κ1) is 19.6. The minimum atomic E-state index is -0.990. The number of nitrogens with zero attached hydrogens (tertiary/aromatic N) is 4. The van der Waals surface area contributed by atoms with E-state index in [9.17, 15) is 13.6 Å². The molecule has 8 heteroatoms. The van der Waals surface area contributed by atoms with Crippen LogP contribution in [0.4, 0.5) is 8.78 Å². The minimum absolute atomic E-state index is 0.113. The number of halogens is 2. The lowest BCUT2D eigenvalue weighted by molar-refractivity contribution is 0.0592. The quantitative estimate of drug-likeness (QED) is 0.759. The van der Waals surface area contributed by atoms with Crippen LogP contribution in [0.3, 0.4) is 0 Å². The predicted octanol–water partition coefficient (Wildman–Crippen LogP) is 3.91. The summed E-state index contributed by atoms with van der Waals surface area (Å²) in [6.07, 6.45) is 6.18. The van der Waals surface area contributed by atoms with Crippen LogP contribution in [-0.2, 0) is 0 Å². The van der Waals surface area contributed by atoms with Crippen LogP contribution in [-0.4, -0.2) is 52.5 Å². The van der Waals surface area contributed by atoms with Gasteiger partial charge < -0.3 is 9.42 Å². The molecular weight excluding hydrogens is 390 g/mol. The maximum absolute atomic E-state index is 13.5. The third-order valence-corrected chi connectivity index (χ3v) is 7.23. The van der Waals surface area contributed by atoms with Crippen molar-refractivity contribution in [3.05, 3.63) is 47.1 Å². The Labute approximate surface area is 174 Å². The van der Waals surface area contributed by atoms with Gasteiger partial charge in [-0.05, 0) is 62.8 Å². The molecule has 2 aromatic rings. The molecule has 5 rings (SSSR count). The average molecular weight is 416 g/mol. The second kappa shape index (κ2) is 7.41. The summed E-state index contributed by atoms with van der Waals surface area (Å²) >= 11 is 0. The number of aromatic nitrogens is 2. The fraction of sp³-hybridized carbons (Fsp3) is 0.591. The van der Waals surface area contributed by atoms with Crippen LogP contribution >= 0.6 is 0 Å². The Morgan fingerprint density at radius 2 is 1.97 bits per heavy atom. The molecule has 1 aliphatic carbocycles. The molecule has 1 amide bonds. The van der Waals surface area contributed by atoms with Crippen molar-refractivity contribution in [2.24, 2.45) is 5.41 Å². The molecule has 3 fully saturated rings. The van der Waals surface area contributed by atoms with Gasteiger partial charge in [0.25, 0.3) is 5.91 Å². The number of carbonyl (C=O) groups excluding carboxylic acids is 1. The molecule has 1 saturated carbocycles. The Kier molecular flexibility index (Phi) is 4.84. The van der Waals surface area contributed by atoms with E-state index in [1.165, 1.54) is 12.5 Å². The number of rotatable bonds is 3. The molecule has 3 heterocycles. The second-order valence-electron chi connectivity index (χ2n) is 9.17. The highest BCUT2D eigenvalue weighted by Gasteiger charge is 2.47. The van der Waals surface area contributed by atoms with Gasteiger partial charge in [0.05, 0.1) is 6.04 Å². The molecule has 2 aliphatic heterocycles. The van der Waals surface area contributed by atoms with E-state index in [0.29, 0.717) is 19.0 Å². The van der Waals surface area contributed by atoms with Crippen molar-refractivity contribution < 1.29 is 18.1 Å². The molecule has 1 aromatic heterocycles. The molecule has 0 N–H and O–H groups in total. The van der Waals surface area contributed by atoms with Crippen molar-refractivity contribution >= 4 is 5.91 Å². The second-order valence-corrected chi connectivity index (χ2v) is 9.17. The van der Waals surface area contributed by atoms with Gasteiger partial charge in [0.1, 0.15) is 0 Å². The third kappa shape index (κ3) is 3.41. The maximum atomic E-state index is 13.5. The van der Waals surface area contributed by atoms with Gasteiger partial charge in [0.15, 0.2) is 17.5 Å². The molecule has 0 radical (unpaired) electrons. The summed E-state index contributed by atoms with van der Waals surface area (Å²) in [6, 6.07) is 3.47. The van der Waals surface area contributed by atoms with Gasteiger partial charge in [0, 0.05) is 31.1 Å². The molecule has 1 aromatic carbocycles. The number of benzene rings is 1. The van der Waals surface area contributed by atoms with E-state index in [4.69, 9.17) is 9.51 Å². The van der Waals surface area contributed by atoms with E-state index in [1.54, 1.807) is 4.90 Å². The Morgan fingerprint density at radius 1 is 1.20 bits per heavy atom. The van der Waals surface area contributed by atoms with Gasteiger partial charge in [0.2, 0.25) is 5.89 Å². The number of amides is 1. The van der Waals surface area contributed by atoms with Crippen molar-refractivity contribution in [3.8, 4) is 0 Å². The highest BCUT2D eigenvalue weighted by Crippen LogP contribution is 2.48. The van der Waals surface area contributed by atoms with E-state index in [0.717, 1.165) is 62.5 Å². The van der Waals surface area contributed by atoms with Gasteiger partial charge in [-0.25, -0.2) is 8.78 Å². The number of likely N-dealkylation sites (tertiary alicyclic amines) is 2. The normalized spacial score (nSPS) is 24.4. The summed E-state index contributed by atoms with van der Waals surface area (Å²) in [5.41, 5.74) is 0.309. The van der Waals surface area contributed by atoms with Crippen molar-refractivity contribution in [3.63, 3.8) is 0 Å². The summed E-state index contributed by atoms with van der Waals surface area (Å²) in [6.45, 7) is 2.15. The van der Waals surface area contributed by atoms with E-state index < -0.39 is 11.6 Å². The van der Waals surface area contributed by atoms with Gasteiger partial charge >= 0.3 is 0 Å². The largest absolute Gasteiger partial charge is 0.339 e. The molecule has 160 valence electrons. The van der Waals surface area contributed by atoms with Crippen LogP contribution in [0.15, 0.2) is 22.7 Å². The first-order chi connectivity index (χ1) is 14.4. The smallest absolute Gasteiger partial charge is 0.253 e. The summed E-state index contributed by atoms with van der Waals surface area (Å²) in [5.74, 6) is -0.191. The van der Waals surface area contributed by atoms with Gasteiger partial charge in [-0.3, -0.25) is 9.69 Å². The van der Waals surface area contributed by atoms with Crippen LogP contribution in [0, 0.1) is 17.0 Å². The average Bonchev–Trinajstić information content (AvgIpc) is 3.27. The summed E-state index contributed by atoms with van der Waals surface area (Å²) in [4.78, 5) is 21.4. The fourth-order valence-corrected chi connectivity index (χ4v) is 5.12. The topological polar surface area (TPSA) is 62.5 Å². The zero-order valence-corrected chi connectivity index (χ0v) is 17.1. The lowest BCUT2D eigenvalue weighted by atomic mass is 9.76. The van der Waals surface area contributed by atoms with E-state index in [1.807, 2.05) is 0 Å². The Balaban J connectivity index is 1.23. The van der Waals surface area contributed by atoms with Gasteiger partial charge in [-0.2, -0.15) is 4.98 Å². The molecule has 0 bridgehead atoms. The lowest BCUT2D eigenvalue weighted by Crippen LogP contribution is -2.44. The first-order valence-electron chi connectivity index (χ1n) is 10.7. The number of hydrogen-bond donors (Lipinski definition) is 0.